The summed E-state index contributed by atoms with van der Waals surface area (Å²) in [5.74, 6) is 4.64. The molecule has 9 saturated carbocycles. The Bertz CT molecular complexity index is 5120. The van der Waals surface area contributed by atoms with Crippen molar-refractivity contribution < 1.29 is 42.0 Å². The molecule has 0 amide bonds. The Balaban J connectivity index is 0.000000131. The van der Waals surface area contributed by atoms with Crippen LogP contribution >= 0.6 is 0 Å². The second kappa shape index (κ2) is 26.0. The van der Waals surface area contributed by atoms with Gasteiger partial charge >= 0.3 is 0 Å². The van der Waals surface area contributed by atoms with E-state index in [-0.39, 0.29) is 170 Å². The Labute approximate surface area is 695 Å². The van der Waals surface area contributed by atoms with Gasteiger partial charge in [0.25, 0.3) is 0 Å². The van der Waals surface area contributed by atoms with Crippen molar-refractivity contribution in [2.75, 3.05) is 0 Å². The SMILES string of the molecule is [C-]#[N+]C1=C[C@]2(C)C3=CC(=O)C4C5CC(C)(C)CC[C@]5(Cc5ncc(C)o5)CC[C@@]4(C)[C@]3(C)CC[C@H]2C(C)(C)C1=O.[C-]#[N+]C1=C[C@]2(C)C3=CC(=O)C4C5CC(C)(C)CC[C@]5(c5nnc(C)o5)CC[C@@]4(C)[C@]3(C)CC[C@H]2C(C)(C)C1=O.[C-]#[N+]C1=C[C@]2(C)C3=CC(=O)C4C5CC(C)(C)CC[C@]5(c5nnco5)CC[C@@]4(C)[C@]3(C)CC[C@H]2C(C)(C)C1=O. The maximum absolute atomic E-state index is 14.6. The van der Waals surface area contributed by atoms with Gasteiger partial charge in [-0.15, -0.1) is 20.4 Å². The fourth-order valence-corrected chi connectivity index (χ4v) is 31.6. The first-order valence-electron chi connectivity index (χ1n) is 44.5. The van der Waals surface area contributed by atoms with Crippen molar-refractivity contribution in [1.29, 1.82) is 0 Å². The van der Waals surface area contributed by atoms with Crippen molar-refractivity contribution in [2.24, 2.45) is 140 Å². The molecular weight excluding hydrogens is 1460 g/mol. The molecule has 3 heterocycles. The van der Waals surface area contributed by atoms with Crippen LogP contribution in [0.5, 0.6) is 0 Å². The van der Waals surface area contributed by atoms with Crippen molar-refractivity contribution in [3.8, 4) is 0 Å². The molecule has 0 bridgehead atoms. The monoisotopic (exact) mass is 1590 g/mol. The van der Waals surface area contributed by atoms with Crippen LogP contribution in [0, 0.1) is 173 Å². The third-order valence-electron chi connectivity index (χ3n) is 38.6. The van der Waals surface area contributed by atoms with E-state index < -0.39 is 32.5 Å². The lowest BCUT2D eigenvalue weighted by Gasteiger charge is -2.69. The molecule has 0 saturated heterocycles. The van der Waals surface area contributed by atoms with E-state index in [1.54, 1.807) is 0 Å². The lowest BCUT2D eigenvalue weighted by atomic mass is 9.34. The number of Topliss-reactive ketones (excluding diaryl/α,β-unsaturated/α-hetero) is 3. The first-order chi connectivity index (χ1) is 54.2. The van der Waals surface area contributed by atoms with Crippen LogP contribution in [0.3, 0.4) is 0 Å². The summed E-state index contributed by atoms with van der Waals surface area (Å²) < 4.78 is 18.1. The van der Waals surface area contributed by atoms with Crippen molar-refractivity contribution in [1.82, 2.24) is 25.4 Å². The smallest absolute Gasteiger partial charge is 0.226 e. The van der Waals surface area contributed by atoms with Gasteiger partial charge in [-0.05, 0) is 250 Å². The molecule has 3 aromatic rings. The minimum atomic E-state index is -0.642. The normalized spacial score (nSPS) is 44.1. The van der Waals surface area contributed by atoms with E-state index in [1.807, 2.05) is 98.0 Å². The molecule has 6 unspecified atom stereocenters. The van der Waals surface area contributed by atoms with Gasteiger partial charge in [0.2, 0.25) is 41.2 Å². The topological polar surface area (TPSA) is 219 Å². The minimum Gasteiger partial charge on any atom is -0.446 e. The number of allylic oxidation sites excluding steroid dienone is 12. The van der Waals surface area contributed by atoms with Crippen LogP contribution in [-0.2, 0) is 46.0 Å². The molecule has 9 fully saturated rings. The van der Waals surface area contributed by atoms with E-state index in [4.69, 9.17) is 33.0 Å². The summed E-state index contributed by atoms with van der Waals surface area (Å²) in [5, 5.41) is 17.3. The molecule has 15 aliphatic rings. The molecule has 18 rings (SSSR count). The zero-order valence-electron chi connectivity index (χ0n) is 74.6. The summed E-state index contributed by atoms with van der Waals surface area (Å²) in [7, 11) is 0. The number of carbonyl (C=O) groups excluding carboxylic acids is 6. The van der Waals surface area contributed by atoms with Gasteiger partial charge in [0.1, 0.15) is 5.76 Å². The van der Waals surface area contributed by atoms with Crippen molar-refractivity contribution in [3.05, 3.63) is 146 Å². The Hall–Kier alpha value is -7.58. The third-order valence-corrected chi connectivity index (χ3v) is 38.6. The Morgan fingerprint density at radius 2 is 0.761 bits per heavy atom. The number of hydrogen-bond acceptors (Lipinski definition) is 14. The van der Waals surface area contributed by atoms with Gasteiger partial charge in [-0.3, -0.25) is 14.4 Å². The lowest BCUT2D eigenvalue weighted by molar-refractivity contribution is -0.172. The molecular formula is C100H130N8O9. The molecule has 0 N–H and O–H groups in total. The van der Waals surface area contributed by atoms with Crippen LogP contribution in [0.1, 0.15) is 310 Å². The minimum absolute atomic E-state index is 0.0197. The average molecular weight is 1590 g/mol. The van der Waals surface area contributed by atoms with Crippen molar-refractivity contribution >= 4 is 34.7 Å². The number of ketones is 6. The predicted molar refractivity (Wildman–Crippen MR) is 446 cm³/mol. The van der Waals surface area contributed by atoms with E-state index in [0.29, 0.717) is 11.8 Å². The van der Waals surface area contributed by atoms with Crippen molar-refractivity contribution in [2.45, 2.75) is 311 Å². The lowest BCUT2D eigenvalue weighted by Crippen LogP contribution is -2.65. The van der Waals surface area contributed by atoms with Gasteiger partial charge in [0, 0.05) is 63.6 Å². The van der Waals surface area contributed by atoms with Crippen LogP contribution in [0.2, 0.25) is 0 Å². The summed E-state index contributed by atoms with van der Waals surface area (Å²) >= 11 is 0. The largest absolute Gasteiger partial charge is 0.446 e. The van der Waals surface area contributed by atoms with E-state index >= 15 is 0 Å². The standard InChI is InChI=1S/C35H46N2O3.C33H43N3O3.C32H41N3O3/c1-21-20-37-27(40-21)19-35-14-12-30(2,3)17-22(35)28-24(38)16-26-32(6)18-23(36-9)29(39)31(4,5)25(32)10-11-33(26,7)34(28,8)13-15-35;1-19-35-36-27(39-19)33-14-12-28(2,3)17-20(33)25-22(37)16-24-30(6)18-21(34-9)26(38)29(4,5)23(30)10-11-31(24,7)32(25,8)13-15-33;1-27(2)11-13-32(26-35-34-18-38-26)14-12-31(7)24(19(32)16-27)21(36)15-23-29(5)17-20(33-8)25(37)28(3,4)22(29)9-10-30(23,31)6/h16,18,20,22,25,28H,10-15,17,19H2,1-8H3;16,18,20,23,25H,10-15,17H2,1-8H3;15,17-19,22,24H,9-14,16H2,1-7H3/t22?,25-,28?,32-,33+,34+,35+;20?,23-,25?,30-,31+,32+,33-;19?,22-,24?,29-,30+,31+,32-/m000/s1. The second-order valence-corrected chi connectivity index (χ2v) is 46.8. The quantitative estimate of drug-likeness (QED) is 0.222. The molecule has 0 radical (unpaired) electrons. The van der Waals surface area contributed by atoms with Gasteiger partial charge in [0.15, 0.2) is 40.6 Å². The van der Waals surface area contributed by atoms with Gasteiger partial charge in [-0.2, -0.15) is 0 Å². The number of hydrogen-bond donors (Lipinski definition) is 0. The number of carbonyl (C=O) groups is 6. The Morgan fingerprint density at radius 1 is 0.410 bits per heavy atom. The molecule has 21 atom stereocenters. The molecule has 117 heavy (non-hydrogen) atoms. The third kappa shape index (κ3) is 11.2. The van der Waals surface area contributed by atoms with Gasteiger partial charge < -0.3 is 27.6 Å². The predicted octanol–water partition coefficient (Wildman–Crippen LogP) is 22.2. The highest BCUT2D eigenvalue weighted by atomic mass is 16.4. The summed E-state index contributed by atoms with van der Waals surface area (Å²) in [4.78, 5) is 99.2. The Kier molecular flexibility index (Phi) is 18.5. The zero-order valence-corrected chi connectivity index (χ0v) is 74.6. The van der Waals surface area contributed by atoms with Crippen LogP contribution in [0.15, 0.2) is 96.1 Å². The van der Waals surface area contributed by atoms with Crippen LogP contribution in [-0.4, -0.2) is 60.1 Å². The fourth-order valence-electron chi connectivity index (χ4n) is 31.6. The number of nitrogens with zero attached hydrogens (tertiary/aromatic N) is 8. The van der Waals surface area contributed by atoms with Crippen LogP contribution in [0.4, 0.5) is 0 Å². The van der Waals surface area contributed by atoms with Gasteiger partial charge in [0.05, 0.1) is 36.7 Å². The molecule has 0 spiro atoms. The summed E-state index contributed by atoms with van der Waals surface area (Å²) in [5.41, 5.74) is -0.528. The first kappa shape index (κ1) is 83.1. The average Bonchev–Trinajstić information content (AvgIpc) is 1.04. The number of fused-ring (bicyclic) bond motifs is 21. The van der Waals surface area contributed by atoms with Gasteiger partial charge in [-0.1, -0.05) is 180 Å². The number of aryl methyl sites for hydroxylation is 2. The maximum atomic E-state index is 14.6. The highest BCUT2D eigenvalue weighted by molar-refractivity contribution is 6.05. The number of rotatable bonds is 4. The fraction of sp³-hybridized carbons (Fsp3) is 0.720. The second-order valence-electron chi connectivity index (χ2n) is 46.8. The van der Waals surface area contributed by atoms with E-state index in [0.717, 1.165) is 170 Å². The van der Waals surface area contributed by atoms with E-state index in [1.165, 1.54) is 12.0 Å². The molecule has 0 aromatic carbocycles. The first-order valence-corrected chi connectivity index (χ1v) is 44.5. The van der Waals surface area contributed by atoms with Gasteiger partial charge in [-0.25, -0.2) is 19.5 Å². The van der Waals surface area contributed by atoms with Crippen LogP contribution in [0.25, 0.3) is 14.5 Å². The highest BCUT2D eigenvalue weighted by Crippen LogP contribution is 2.80. The summed E-state index contributed by atoms with van der Waals surface area (Å²) in [6.45, 7) is 74.1. The summed E-state index contributed by atoms with van der Waals surface area (Å²) in [6, 6.07) is 0. The molecule has 17 heteroatoms. The molecule has 3 aromatic heterocycles. The van der Waals surface area contributed by atoms with Crippen LogP contribution < -0.4 is 0 Å². The highest BCUT2D eigenvalue weighted by Gasteiger charge is 2.75. The van der Waals surface area contributed by atoms with Crippen molar-refractivity contribution in [3.63, 3.8) is 0 Å². The van der Waals surface area contributed by atoms with E-state index in [9.17, 15) is 28.8 Å². The maximum Gasteiger partial charge on any atom is 0.226 e. The Morgan fingerprint density at radius 3 is 1.11 bits per heavy atom. The molecule has 0 aliphatic heterocycles. The molecule has 624 valence electrons. The molecule has 17 nitrogen and oxygen atoms in total. The summed E-state index contributed by atoms with van der Waals surface area (Å²) in [6.07, 6.45) is 36.5. The number of aromatic nitrogens is 5. The number of oxazole rings is 1. The molecule has 15 aliphatic carbocycles. The zero-order chi connectivity index (χ0) is 85.0. The van der Waals surface area contributed by atoms with E-state index in [2.05, 4.69) is 144 Å².